The second-order valence-electron chi connectivity index (χ2n) is 6.69. The van der Waals surface area contributed by atoms with E-state index in [1.54, 1.807) is 16.2 Å². The van der Waals surface area contributed by atoms with Crippen LogP contribution in [-0.4, -0.2) is 47.1 Å². The second-order valence-corrected chi connectivity index (χ2v) is 7.72. The molecule has 1 aliphatic rings. The number of likely N-dealkylation sites (tertiary alicyclic amines) is 1. The fourth-order valence-corrected chi connectivity index (χ4v) is 4.12. The number of benzene rings is 1. The molecule has 1 unspecified atom stereocenters. The lowest BCUT2D eigenvalue weighted by atomic mass is 10.0. The van der Waals surface area contributed by atoms with Crippen molar-refractivity contribution in [1.29, 1.82) is 0 Å². The predicted octanol–water partition coefficient (Wildman–Crippen LogP) is 1.46. The summed E-state index contributed by atoms with van der Waals surface area (Å²) in [7, 11) is 0. The Labute approximate surface area is 163 Å². The molecule has 0 aliphatic carbocycles. The van der Waals surface area contributed by atoms with Crippen molar-refractivity contribution in [3.05, 3.63) is 58.3 Å². The lowest BCUT2D eigenvalue weighted by Gasteiger charge is -2.29. The SMILES string of the molecule is N[C@@H](C(=O)N1CCCC1c1ccccc1)[C@@H](O)C(=O)NCCc1cccs1. The van der Waals surface area contributed by atoms with Gasteiger partial charge in [0.1, 0.15) is 6.04 Å². The van der Waals surface area contributed by atoms with E-state index in [0.29, 0.717) is 19.5 Å². The number of hydrogen-bond acceptors (Lipinski definition) is 5. The van der Waals surface area contributed by atoms with Gasteiger partial charge in [0.25, 0.3) is 5.91 Å². The smallest absolute Gasteiger partial charge is 0.251 e. The highest BCUT2D eigenvalue weighted by atomic mass is 32.1. The summed E-state index contributed by atoms with van der Waals surface area (Å²) in [6, 6.07) is 12.4. The van der Waals surface area contributed by atoms with Crippen LogP contribution in [0.5, 0.6) is 0 Å². The van der Waals surface area contributed by atoms with Gasteiger partial charge in [-0.2, -0.15) is 0 Å². The molecule has 4 N–H and O–H groups in total. The number of carbonyl (C=O) groups is 2. The number of aliphatic hydroxyl groups excluding tert-OH is 1. The van der Waals surface area contributed by atoms with Crippen LogP contribution in [0.1, 0.15) is 29.3 Å². The zero-order valence-corrected chi connectivity index (χ0v) is 15.9. The maximum atomic E-state index is 12.8. The highest BCUT2D eigenvalue weighted by Crippen LogP contribution is 2.32. The van der Waals surface area contributed by atoms with Crippen molar-refractivity contribution in [2.45, 2.75) is 37.5 Å². The maximum Gasteiger partial charge on any atom is 0.251 e. The Morgan fingerprint density at radius 3 is 2.74 bits per heavy atom. The van der Waals surface area contributed by atoms with Crippen molar-refractivity contribution >= 4 is 23.2 Å². The third-order valence-electron chi connectivity index (χ3n) is 4.86. The molecule has 144 valence electrons. The number of thiophene rings is 1. The number of amides is 2. The molecular formula is C20H25N3O3S. The van der Waals surface area contributed by atoms with E-state index in [2.05, 4.69) is 5.32 Å². The van der Waals surface area contributed by atoms with Crippen LogP contribution < -0.4 is 11.1 Å². The molecule has 1 aromatic carbocycles. The van der Waals surface area contributed by atoms with Gasteiger partial charge in [-0.15, -0.1) is 11.3 Å². The van der Waals surface area contributed by atoms with Crippen LogP contribution in [0.4, 0.5) is 0 Å². The molecule has 2 amide bonds. The molecule has 3 atom stereocenters. The van der Waals surface area contributed by atoms with Gasteiger partial charge in [0.2, 0.25) is 5.91 Å². The van der Waals surface area contributed by atoms with Crippen LogP contribution in [0, 0.1) is 0 Å². The summed E-state index contributed by atoms with van der Waals surface area (Å²) >= 11 is 1.61. The lowest BCUT2D eigenvalue weighted by Crippen LogP contribution is -2.55. The van der Waals surface area contributed by atoms with Gasteiger partial charge < -0.3 is 21.1 Å². The van der Waals surface area contributed by atoms with E-state index in [1.165, 1.54) is 0 Å². The average Bonchev–Trinajstić information content (AvgIpc) is 3.38. The van der Waals surface area contributed by atoms with Gasteiger partial charge in [0.05, 0.1) is 6.04 Å². The van der Waals surface area contributed by atoms with Gasteiger partial charge in [0.15, 0.2) is 6.10 Å². The van der Waals surface area contributed by atoms with E-state index < -0.39 is 18.1 Å². The zero-order valence-electron chi connectivity index (χ0n) is 15.1. The molecular weight excluding hydrogens is 362 g/mol. The standard InChI is InChI=1S/C20H25N3O3S/c21-17(18(24)19(25)22-11-10-15-8-5-13-27-15)20(26)23-12-4-9-16(23)14-6-2-1-3-7-14/h1-3,5-8,13,16-18,24H,4,9-12,21H2,(H,22,25)/t16?,17-,18-/m1/s1. The second kappa shape index (κ2) is 9.12. The van der Waals surface area contributed by atoms with Crippen molar-refractivity contribution in [3.8, 4) is 0 Å². The molecule has 1 fully saturated rings. The molecule has 2 heterocycles. The van der Waals surface area contributed by atoms with E-state index in [0.717, 1.165) is 23.3 Å². The number of nitrogens with zero attached hydrogens (tertiary/aromatic N) is 1. The van der Waals surface area contributed by atoms with Crippen molar-refractivity contribution in [2.75, 3.05) is 13.1 Å². The average molecular weight is 388 g/mol. The van der Waals surface area contributed by atoms with Crippen molar-refractivity contribution < 1.29 is 14.7 Å². The third-order valence-corrected chi connectivity index (χ3v) is 5.80. The Morgan fingerprint density at radius 2 is 2.04 bits per heavy atom. The number of nitrogens with one attached hydrogen (secondary N) is 1. The van der Waals surface area contributed by atoms with Gasteiger partial charge in [-0.3, -0.25) is 9.59 Å². The first-order valence-corrected chi connectivity index (χ1v) is 10.0. The largest absolute Gasteiger partial charge is 0.381 e. The number of carbonyl (C=O) groups excluding carboxylic acids is 2. The van der Waals surface area contributed by atoms with Crippen LogP contribution in [0.15, 0.2) is 47.8 Å². The van der Waals surface area contributed by atoms with Crippen LogP contribution in [0.3, 0.4) is 0 Å². The third kappa shape index (κ3) is 4.74. The highest BCUT2D eigenvalue weighted by Gasteiger charge is 2.37. The summed E-state index contributed by atoms with van der Waals surface area (Å²) in [6.07, 6.45) is 0.853. The highest BCUT2D eigenvalue weighted by molar-refractivity contribution is 7.09. The van der Waals surface area contributed by atoms with Gasteiger partial charge in [0, 0.05) is 18.0 Å². The molecule has 7 heteroatoms. The molecule has 1 saturated heterocycles. The normalized spacial score (nSPS) is 18.9. The monoisotopic (exact) mass is 387 g/mol. The summed E-state index contributed by atoms with van der Waals surface area (Å²) in [5.74, 6) is -0.995. The molecule has 1 aromatic heterocycles. The minimum Gasteiger partial charge on any atom is -0.381 e. The molecule has 0 saturated carbocycles. The molecule has 27 heavy (non-hydrogen) atoms. The lowest BCUT2D eigenvalue weighted by molar-refractivity contribution is -0.142. The first-order valence-electron chi connectivity index (χ1n) is 9.17. The first kappa shape index (κ1) is 19.5. The van der Waals surface area contributed by atoms with Crippen LogP contribution in [0.25, 0.3) is 0 Å². The molecule has 0 radical (unpaired) electrons. The fraction of sp³-hybridized carbons (Fsp3) is 0.400. The van der Waals surface area contributed by atoms with Gasteiger partial charge in [-0.05, 0) is 36.3 Å². The van der Waals surface area contributed by atoms with Crippen LogP contribution >= 0.6 is 11.3 Å². The number of aliphatic hydroxyl groups is 1. The van der Waals surface area contributed by atoms with Gasteiger partial charge in [-0.25, -0.2) is 0 Å². The minimum atomic E-state index is -1.56. The number of rotatable bonds is 7. The number of nitrogens with two attached hydrogens (primary N) is 1. The van der Waals surface area contributed by atoms with Crippen molar-refractivity contribution in [3.63, 3.8) is 0 Å². The molecule has 0 bridgehead atoms. The van der Waals surface area contributed by atoms with Crippen molar-refractivity contribution in [1.82, 2.24) is 10.2 Å². The summed E-state index contributed by atoms with van der Waals surface area (Å²) < 4.78 is 0. The Morgan fingerprint density at radius 1 is 1.26 bits per heavy atom. The molecule has 3 rings (SSSR count). The van der Waals surface area contributed by atoms with E-state index in [9.17, 15) is 14.7 Å². The molecule has 2 aromatic rings. The van der Waals surface area contributed by atoms with Crippen molar-refractivity contribution in [2.24, 2.45) is 5.73 Å². The summed E-state index contributed by atoms with van der Waals surface area (Å²) in [5.41, 5.74) is 6.99. The molecule has 1 aliphatic heterocycles. The van der Waals surface area contributed by atoms with Gasteiger partial charge in [-0.1, -0.05) is 36.4 Å². The van der Waals surface area contributed by atoms with E-state index >= 15 is 0 Å². The summed E-state index contributed by atoms with van der Waals surface area (Å²) in [6.45, 7) is 0.979. The van der Waals surface area contributed by atoms with Gasteiger partial charge >= 0.3 is 0 Å². The zero-order chi connectivity index (χ0) is 19.2. The van der Waals surface area contributed by atoms with Crippen LogP contribution in [-0.2, 0) is 16.0 Å². The quantitative estimate of drug-likeness (QED) is 0.670. The Balaban J connectivity index is 1.56. The fourth-order valence-electron chi connectivity index (χ4n) is 3.41. The first-order chi connectivity index (χ1) is 13.1. The molecule has 0 spiro atoms. The Kier molecular flexibility index (Phi) is 6.60. The number of hydrogen-bond donors (Lipinski definition) is 3. The summed E-state index contributed by atoms with van der Waals surface area (Å²) in [4.78, 5) is 27.8. The topological polar surface area (TPSA) is 95.7 Å². The minimum absolute atomic E-state index is 0.0566. The van der Waals surface area contributed by atoms with E-state index in [4.69, 9.17) is 5.73 Å². The Bertz CT molecular complexity index is 751. The predicted molar refractivity (Wildman–Crippen MR) is 105 cm³/mol. The van der Waals surface area contributed by atoms with E-state index in [-0.39, 0.29) is 11.9 Å². The Hall–Kier alpha value is -2.22. The molecule has 6 nitrogen and oxygen atoms in total. The maximum absolute atomic E-state index is 12.8. The van der Waals surface area contributed by atoms with Crippen LogP contribution in [0.2, 0.25) is 0 Å². The van der Waals surface area contributed by atoms with E-state index in [1.807, 2.05) is 47.8 Å². The summed E-state index contributed by atoms with van der Waals surface area (Å²) in [5, 5.41) is 14.9.